The molecule has 0 heterocycles. The molecule has 8 heteroatoms. The Bertz CT molecular complexity index is 1130. The topological polar surface area (TPSA) is 108 Å². The standard InChI is InChI=1S/C30H43N3O5/c1-10-33(25(26(35)32-29(4,5)6)22-14-11-19(2)20(3)17-22)27(36)24(31-28(37)38-30(7,8)9)18-21-12-15-23(34)16-13-21/h11-17,24-25,34H,10,18H2,1-9H3,(H,31,37)(H,32,35). The molecule has 2 aromatic rings. The molecule has 3 amide bonds. The number of aryl methyl sites for hydroxylation is 2. The average Bonchev–Trinajstić information content (AvgIpc) is 2.77. The van der Waals surface area contributed by atoms with Crippen LogP contribution in [0.5, 0.6) is 5.75 Å². The molecule has 0 radical (unpaired) electrons. The second-order valence-electron chi connectivity index (χ2n) is 11.7. The van der Waals surface area contributed by atoms with Crippen LogP contribution in [0.3, 0.4) is 0 Å². The highest BCUT2D eigenvalue weighted by atomic mass is 16.6. The molecule has 0 bridgehead atoms. The van der Waals surface area contributed by atoms with Crippen molar-refractivity contribution in [2.75, 3.05) is 6.54 Å². The number of rotatable bonds is 8. The maximum atomic E-state index is 14.1. The Hall–Kier alpha value is -3.55. The highest BCUT2D eigenvalue weighted by Crippen LogP contribution is 2.26. The van der Waals surface area contributed by atoms with Gasteiger partial charge in [0.15, 0.2) is 0 Å². The minimum atomic E-state index is -1.01. The third-order valence-electron chi connectivity index (χ3n) is 5.89. The quantitative estimate of drug-likeness (QED) is 0.452. The Kier molecular flexibility index (Phi) is 9.95. The summed E-state index contributed by atoms with van der Waals surface area (Å²) >= 11 is 0. The van der Waals surface area contributed by atoms with Gasteiger partial charge in [0.2, 0.25) is 11.8 Å². The summed E-state index contributed by atoms with van der Waals surface area (Å²) in [7, 11) is 0. The van der Waals surface area contributed by atoms with Gasteiger partial charge in [-0.2, -0.15) is 0 Å². The van der Waals surface area contributed by atoms with E-state index in [1.807, 2.05) is 52.8 Å². The lowest BCUT2D eigenvalue weighted by atomic mass is 9.96. The summed E-state index contributed by atoms with van der Waals surface area (Å²) in [4.78, 5) is 42.0. The van der Waals surface area contributed by atoms with Gasteiger partial charge in [0.25, 0.3) is 0 Å². The first-order valence-corrected chi connectivity index (χ1v) is 13.0. The van der Waals surface area contributed by atoms with E-state index in [1.54, 1.807) is 39.8 Å². The molecule has 0 spiro atoms. The lowest BCUT2D eigenvalue weighted by Gasteiger charge is -2.35. The number of phenols is 1. The van der Waals surface area contributed by atoms with Gasteiger partial charge in [-0.1, -0.05) is 30.3 Å². The van der Waals surface area contributed by atoms with Crippen LogP contribution in [0.1, 0.15) is 76.8 Å². The summed E-state index contributed by atoms with van der Waals surface area (Å²) in [5.74, 6) is -0.629. The molecule has 0 aliphatic rings. The molecule has 0 fully saturated rings. The summed E-state index contributed by atoms with van der Waals surface area (Å²) in [6.45, 7) is 16.9. The van der Waals surface area contributed by atoms with Crippen LogP contribution in [0.2, 0.25) is 0 Å². The van der Waals surface area contributed by atoms with E-state index in [-0.39, 0.29) is 24.6 Å². The molecule has 2 atom stereocenters. The molecule has 0 aromatic heterocycles. The predicted octanol–water partition coefficient (Wildman–Crippen LogP) is 4.95. The van der Waals surface area contributed by atoms with Crippen molar-refractivity contribution in [2.45, 2.75) is 92.0 Å². The van der Waals surface area contributed by atoms with Crippen molar-refractivity contribution >= 4 is 17.9 Å². The number of nitrogens with one attached hydrogen (secondary N) is 2. The van der Waals surface area contributed by atoms with Gasteiger partial charge in [0, 0.05) is 18.5 Å². The van der Waals surface area contributed by atoms with Gasteiger partial charge in [-0.15, -0.1) is 0 Å². The first-order chi connectivity index (χ1) is 17.5. The number of aromatic hydroxyl groups is 1. The third-order valence-corrected chi connectivity index (χ3v) is 5.89. The maximum absolute atomic E-state index is 14.1. The monoisotopic (exact) mass is 525 g/mol. The molecule has 3 N–H and O–H groups in total. The van der Waals surface area contributed by atoms with Crippen LogP contribution in [-0.2, 0) is 20.7 Å². The van der Waals surface area contributed by atoms with Crippen molar-refractivity contribution < 1.29 is 24.2 Å². The number of carbonyl (C=O) groups excluding carboxylic acids is 3. The Morgan fingerprint density at radius 1 is 0.947 bits per heavy atom. The fraction of sp³-hybridized carbons (Fsp3) is 0.500. The fourth-order valence-corrected chi connectivity index (χ4v) is 4.03. The molecule has 208 valence electrons. The van der Waals surface area contributed by atoms with Gasteiger partial charge in [-0.3, -0.25) is 9.59 Å². The molecule has 2 rings (SSSR count). The number of amides is 3. The first-order valence-electron chi connectivity index (χ1n) is 13.0. The van der Waals surface area contributed by atoms with Crippen molar-refractivity contribution in [2.24, 2.45) is 0 Å². The van der Waals surface area contributed by atoms with Crippen LogP contribution in [0.25, 0.3) is 0 Å². The molecule has 38 heavy (non-hydrogen) atoms. The molecule has 0 saturated carbocycles. The van der Waals surface area contributed by atoms with Gasteiger partial charge in [-0.25, -0.2) is 4.79 Å². The Balaban J connectivity index is 2.53. The number of likely N-dealkylation sites (N-methyl/N-ethyl adjacent to an activating group) is 1. The van der Waals surface area contributed by atoms with Crippen LogP contribution < -0.4 is 10.6 Å². The smallest absolute Gasteiger partial charge is 0.408 e. The molecule has 0 aliphatic carbocycles. The second kappa shape index (κ2) is 12.3. The number of ether oxygens (including phenoxy) is 1. The molecule has 0 saturated heterocycles. The molecule has 2 aromatic carbocycles. The Morgan fingerprint density at radius 2 is 1.55 bits per heavy atom. The van der Waals surface area contributed by atoms with E-state index in [0.29, 0.717) is 5.56 Å². The predicted molar refractivity (Wildman–Crippen MR) is 149 cm³/mol. The summed E-state index contributed by atoms with van der Waals surface area (Å²) < 4.78 is 5.44. The highest BCUT2D eigenvalue weighted by Gasteiger charge is 2.36. The van der Waals surface area contributed by atoms with Crippen LogP contribution >= 0.6 is 0 Å². The third kappa shape index (κ3) is 9.08. The van der Waals surface area contributed by atoms with Gasteiger partial charge in [-0.05, 0) is 96.7 Å². The van der Waals surface area contributed by atoms with E-state index in [2.05, 4.69) is 10.6 Å². The van der Waals surface area contributed by atoms with Gasteiger partial charge in [0.1, 0.15) is 23.4 Å². The van der Waals surface area contributed by atoms with E-state index in [9.17, 15) is 19.5 Å². The number of hydrogen-bond acceptors (Lipinski definition) is 5. The molecule has 2 unspecified atom stereocenters. The van der Waals surface area contributed by atoms with Crippen LogP contribution in [0.4, 0.5) is 4.79 Å². The highest BCUT2D eigenvalue weighted by molar-refractivity contribution is 5.92. The van der Waals surface area contributed by atoms with Crippen molar-refractivity contribution in [1.29, 1.82) is 0 Å². The summed E-state index contributed by atoms with van der Waals surface area (Å²) in [6.07, 6.45) is -0.581. The largest absolute Gasteiger partial charge is 0.508 e. The number of hydrogen-bond donors (Lipinski definition) is 3. The van der Waals surface area contributed by atoms with Crippen LogP contribution in [0, 0.1) is 13.8 Å². The zero-order chi connectivity index (χ0) is 28.8. The Labute approximate surface area is 226 Å². The van der Waals surface area contributed by atoms with E-state index < -0.39 is 35.2 Å². The molecular weight excluding hydrogens is 482 g/mol. The van der Waals surface area contributed by atoms with E-state index in [0.717, 1.165) is 16.7 Å². The lowest BCUT2D eigenvalue weighted by Crippen LogP contribution is -2.55. The summed E-state index contributed by atoms with van der Waals surface area (Å²) in [5, 5.41) is 15.4. The lowest BCUT2D eigenvalue weighted by molar-refractivity contribution is -0.142. The Morgan fingerprint density at radius 3 is 2.05 bits per heavy atom. The summed E-state index contributed by atoms with van der Waals surface area (Å²) in [6, 6.07) is 10.2. The van der Waals surface area contributed by atoms with Crippen molar-refractivity contribution in [3.63, 3.8) is 0 Å². The van der Waals surface area contributed by atoms with Crippen LogP contribution in [-0.4, -0.2) is 51.6 Å². The zero-order valence-electron chi connectivity index (χ0n) is 24.1. The van der Waals surface area contributed by atoms with Gasteiger partial charge < -0.3 is 25.4 Å². The number of alkyl carbamates (subject to hydrolysis) is 1. The van der Waals surface area contributed by atoms with E-state index in [4.69, 9.17) is 4.74 Å². The van der Waals surface area contributed by atoms with Gasteiger partial charge >= 0.3 is 6.09 Å². The second-order valence-corrected chi connectivity index (χ2v) is 11.7. The fourth-order valence-electron chi connectivity index (χ4n) is 4.03. The van der Waals surface area contributed by atoms with Crippen molar-refractivity contribution in [3.05, 3.63) is 64.7 Å². The minimum absolute atomic E-state index is 0.0977. The average molecular weight is 526 g/mol. The summed E-state index contributed by atoms with van der Waals surface area (Å²) in [5.41, 5.74) is 2.23. The van der Waals surface area contributed by atoms with E-state index in [1.165, 1.54) is 17.0 Å². The SMILES string of the molecule is CCN(C(=O)C(Cc1ccc(O)cc1)NC(=O)OC(C)(C)C)C(C(=O)NC(C)(C)C)c1ccc(C)c(C)c1. The number of nitrogens with zero attached hydrogens (tertiary/aromatic N) is 1. The molecule has 0 aliphatic heterocycles. The van der Waals surface area contributed by atoms with Crippen molar-refractivity contribution in [3.8, 4) is 5.75 Å². The maximum Gasteiger partial charge on any atom is 0.408 e. The number of phenolic OH excluding ortho intramolecular Hbond substituents is 1. The number of carbonyl (C=O) groups is 3. The molecular formula is C30H43N3O5. The zero-order valence-corrected chi connectivity index (χ0v) is 24.1. The van der Waals surface area contributed by atoms with Crippen molar-refractivity contribution in [1.82, 2.24) is 15.5 Å². The van der Waals surface area contributed by atoms with Gasteiger partial charge in [0.05, 0.1) is 0 Å². The van der Waals surface area contributed by atoms with Crippen LogP contribution in [0.15, 0.2) is 42.5 Å². The molecule has 8 nitrogen and oxygen atoms in total. The normalized spacial score (nSPS) is 13.3. The first kappa shape index (κ1) is 30.7. The van der Waals surface area contributed by atoms with E-state index >= 15 is 0 Å². The number of benzene rings is 2. The minimum Gasteiger partial charge on any atom is -0.508 e.